The Kier molecular flexibility index (Phi) is 6.40. The molecule has 0 unspecified atom stereocenters. The Labute approximate surface area is 160 Å². The molecule has 0 radical (unpaired) electrons. The first-order chi connectivity index (χ1) is 13.1. The Morgan fingerprint density at radius 3 is 2.70 bits per heavy atom. The van der Waals surface area contributed by atoms with Gasteiger partial charge in [0.1, 0.15) is 5.82 Å². The smallest absolute Gasteiger partial charge is 0.123 e. The minimum Gasteiger partial charge on any atom is -0.337 e. The molecule has 0 spiro atoms. The molecule has 1 aromatic carbocycles. The second-order valence-electron chi connectivity index (χ2n) is 6.96. The molecule has 0 saturated heterocycles. The summed E-state index contributed by atoms with van der Waals surface area (Å²) in [4.78, 5) is 6.47. The molecule has 6 heteroatoms. The molecule has 0 fully saturated rings. The van der Waals surface area contributed by atoms with Crippen LogP contribution in [0.1, 0.15) is 35.9 Å². The van der Waals surface area contributed by atoms with Gasteiger partial charge in [0.25, 0.3) is 0 Å². The number of hydrogen-bond donors (Lipinski definition) is 0. The van der Waals surface area contributed by atoms with E-state index in [0.29, 0.717) is 0 Å². The van der Waals surface area contributed by atoms with Crippen molar-refractivity contribution in [3.8, 4) is 0 Å². The molecule has 144 valence electrons. The van der Waals surface area contributed by atoms with Crippen LogP contribution in [0.2, 0.25) is 0 Å². The third kappa shape index (κ3) is 5.04. The first kappa shape index (κ1) is 19.3. The van der Waals surface area contributed by atoms with Gasteiger partial charge < -0.3 is 4.57 Å². The third-order valence-electron chi connectivity index (χ3n) is 4.96. The van der Waals surface area contributed by atoms with E-state index in [-0.39, 0.29) is 5.82 Å². The zero-order valence-electron chi connectivity index (χ0n) is 16.4. The van der Waals surface area contributed by atoms with Crippen molar-refractivity contribution in [3.05, 3.63) is 71.3 Å². The molecule has 3 rings (SSSR count). The van der Waals surface area contributed by atoms with Crippen molar-refractivity contribution in [1.82, 2.24) is 24.2 Å². The highest BCUT2D eigenvalue weighted by atomic mass is 19.1. The number of hydrogen-bond acceptors (Lipinski definition) is 3. The minimum atomic E-state index is -0.183. The molecule has 2 aromatic heterocycles. The van der Waals surface area contributed by atoms with E-state index < -0.39 is 0 Å². The number of aryl methyl sites for hydroxylation is 3. The predicted molar refractivity (Wildman–Crippen MR) is 105 cm³/mol. The standard InChI is InChI=1S/C21H28FN5/c1-4-27-18(3)21(17(2)24-27)15-26(11-6-10-25-12-9-23-16-25)14-19-7-5-8-20(22)13-19/h5,7-9,12-13,16H,4,6,10-11,14-15H2,1-3H3. The number of benzene rings is 1. The molecule has 0 N–H and O–H groups in total. The van der Waals surface area contributed by atoms with Crippen LogP contribution in [-0.2, 0) is 26.2 Å². The summed E-state index contributed by atoms with van der Waals surface area (Å²) in [6.45, 7) is 10.6. The van der Waals surface area contributed by atoms with Crippen molar-refractivity contribution in [2.75, 3.05) is 6.54 Å². The van der Waals surface area contributed by atoms with E-state index >= 15 is 0 Å². The number of nitrogens with zero attached hydrogens (tertiary/aromatic N) is 5. The maximum Gasteiger partial charge on any atom is 0.123 e. The maximum absolute atomic E-state index is 13.6. The van der Waals surface area contributed by atoms with Crippen molar-refractivity contribution in [1.29, 1.82) is 0 Å². The van der Waals surface area contributed by atoms with E-state index in [4.69, 9.17) is 0 Å². The van der Waals surface area contributed by atoms with Gasteiger partial charge in [-0.15, -0.1) is 0 Å². The maximum atomic E-state index is 13.6. The van der Waals surface area contributed by atoms with Gasteiger partial charge in [0, 0.05) is 56.4 Å². The molecule has 3 aromatic rings. The van der Waals surface area contributed by atoms with Crippen LogP contribution in [0.5, 0.6) is 0 Å². The van der Waals surface area contributed by atoms with E-state index in [1.807, 2.05) is 18.6 Å². The Balaban J connectivity index is 1.73. The van der Waals surface area contributed by atoms with E-state index in [2.05, 4.69) is 45.0 Å². The molecule has 0 atom stereocenters. The number of rotatable bonds is 9. The SMILES string of the molecule is CCn1nc(C)c(CN(CCCn2ccnc2)Cc2cccc(F)c2)c1C. The van der Waals surface area contributed by atoms with Crippen molar-refractivity contribution < 1.29 is 4.39 Å². The van der Waals surface area contributed by atoms with Crippen LogP contribution in [-0.4, -0.2) is 30.8 Å². The third-order valence-corrected chi connectivity index (χ3v) is 4.96. The van der Waals surface area contributed by atoms with Gasteiger partial charge in [-0.05, 0) is 44.9 Å². The summed E-state index contributed by atoms with van der Waals surface area (Å²) in [6.07, 6.45) is 6.63. The second kappa shape index (κ2) is 8.95. The van der Waals surface area contributed by atoms with Gasteiger partial charge in [-0.2, -0.15) is 5.10 Å². The lowest BCUT2D eigenvalue weighted by Gasteiger charge is -2.23. The summed E-state index contributed by atoms with van der Waals surface area (Å²) in [6, 6.07) is 6.88. The van der Waals surface area contributed by atoms with Crippen LogP contribution < -0.4 is 0 Å². The van der Waals surface area contributed by atoms with Gasteiger partial charge in [-0.3, -0.25) is 9.58 Å². The van der Waals surface area contributed by atoms with E-state index in [1.54, 1.807) is 18.3 Å². The summed E-state index contributed by atoms with van der Waals surface area (Å²) < 4.78 is 17.8. The summed E-state index contributed by atoms with van der Waals surface area (Å²) in [5, 5.41) is 4.64. The quantitative estimate of drug-likeness (QED) is 0.573. The van der Waals surface area contributed by atoms with Crippen LogP contribution >= 0.6 is 0 Å². The molecule has 27 heavy (non-hydrogen) atoms. The second-order valence-corrected chi connectivity index (χ2v) is 6.96. The predicted octanol–water partition coefficient (Wildman–Crippen LogP) is 3.95. The zero-order chi connectivity index (χ0) is 19.2. The highest BCUT2D eigenvalue weighted by Crippen LogP contribution is 2.18. The normalized spacial score (nSPS) is 11.4. The topological polar surface area (TPSA) is 38.9 Å². The van der Waals surface area contributed by atoms with Gasteiger partial charge >= 0.3 is 0 Å². The number of halogens is 1. The largest absolute Gasteiger partial charge is 0.337 e. The van der Waals surface area contributed by atoms with Crippen LogP contribution in [0.3, 0.4) is 0 Å². The first-order valence-corrected chi connectivity index (χ1v) is 9.52. The fraction of sp³-hybridized carbons (Fsp3) is 0.429. The molecule has 0 saturated carbocycles. The summed E-state index contributed by atoms with van der Waals surface area (Å²) in [7, 11) is 0. The summed E-state index contributed by atoms with van der Waals surface area (Å²) in [5.74, 6) is -0.183. The average Bonchev–Trinajstić information content (AvgIpc) is 3.25. The van der Waals surface area contributed by atoms with Crippen molar-refractivity contribution in [3.63, 3.8) is 0 Å². The number of imidazole rings is 1. The molecular formula is C21H28FN5. The van der Waals surface area contributed by atoms with Crippen molar-refractivity contribution >= 4 is 0 Å². The minimum absolute atomic E-state index is 0.183. The van der Waals surface area contributed by atoms with Gasteiger partial charge in [-0.25, -0.2) is 9.37 Å². The fourth-order valence-electron chi connectivity index (χ4n) is 3.50. The molecule has 0 aliphatic rings. The van der Waals surface area contributed by atoms with E-state index in [0.717, 1.165) is 50.4 Å². The summed E-state index contributed by atoms with van der Waals surface area (Å²) in [5.41, 5.74) is 4.56. The van der Waals surface area contributed by atoms with Crippen LogP contribution in [0.15, 0.2) is 43.0 Å². The Bertz CT molecular complexity index is 854. The van der Waals surface area contributed by atoms with Crippen LogP contribution in [0.25, 0.3) is 0 Å². The van der Waals surface area contributed by atoms with Crippen molar-refractivity contribution in [2.45, 2.75) is 53.4 Å². The van der Waals surface area contributed by atoms with Crippen LogP contribution in [0.4, 0.5) is 4.39 Å². The molecule has 0 aliphatic heterocycles. The van der Waals surface area contributed by atoms with Gasteiger partial charge in [-0.1, -0.05) is 12.1 Å². The monoisotopic (exact) mass is 369 g/mol. The average molecular weight is 369 g/mol. The lowest BCUT2D eigenvalue weighted by Crippen LogP contribution is -2.25. The van der Waals surface area contributed by atoms with Gasteiger partial charge in [0.15, 0.2) is 0 Å². The Hall–Kier alpha value is -2.47. The first-order valence-electron chi connectivity index (χ1n) is 9.52. The zero-order valence-corrected chi connectivity index (χ0v) is 16.4. The van der Waals surface area contributed by atoms with Gasteiger partial charge in [0.05, 0.1) is 12.0 Å². The fourth-order valence-corrected chi connectivity index (χ4v) is 3.50. The molecule has 0 aliphatic carbocycles. The highest BCUT2D eigenvalue weighted by molar-refractivity contribution is 5.25. The van der Waals surface area contributed by atoms with Crippen LogP contribution in [0, 0.1) is 19.7 Å². The van der Waals surface area contributed by atoms with Crippen molar-refractivity contribution in [2.24, 2.45) is 0 Å². The van der Waals surface area contributed by atoms with E-state index in [1.165, 1.54) is 17.3 Å². The Morgan fingerprint density at radius 2 is 2.04 bits per heavy atom. The lowest BCUT2D eigenvalue weighted by atomic mass is 10.1. The molecule has 0 amide bonds. The highest BCUT2D eigenvalue weighted by Gasteiger charge is 2.15. The van der Waals surface area contributed by atoms with E-state index in [9.17, 15) is 4.39 Å². The molecular weight excluding hydrogens is 341 g/mol. The molecule has 5 nitrogen and oxygen atoms in total. The molecule has 2 heterocycles. The Morgan fingerprint density at radius 1 is 1.19 bits per heavy atom. The molecule has 0 bridgehead atoms. The number of aromatic nitrogens is 4. The lowest BCUT2D eigenvalue weighted by molar-refractivity contribution is 0.247. The summed E-state index contributed by atoms with van der Waals surface area (Å²) >= 11 is 0. The van der Waals surface area contributed by atoms with Gasteiger partial charge in [0.2, 0.25) is 0 Å².